The fraction of sp³-hybridized carbons (Fsp3) is 0.520. The molecule has 2 aliphatic rings. The average molecular weight is 434 g/mol. The second-order valence-corrected chi connectivity index (χ2v) is 10.3. The standard InChI is InChI=1S/C25H31BN2O4/c1-24(2)25(3,4)32-26(31-24)20-14-19-17(22-18(20)9-7-12-27-22)11-13-28(23(19)30)15-16-8-5-6-10-21(16)29/h7,9,11-14,16,21,29H,5-6,8,10,15H2,1-4H3/t16?,21-/m0/s1. The van der Waals surface area contributed by atoms with Crippen molar-refractivity contribution in [1.29, 1.82) is 0 Å². The van der Waals surface area contributed by atoms with Gasteiger partial charge in [-0.2, -0.15) is 0 Å². The third-order valence-electron chi connectivity index (χ3n) is 7.68. The number of aromatic nitrogens is 2. The maximum absolute atomic E-state index is 13.5. The van der Waals surface area contributed by atoms with E-state index in [0.717, 1.165) is 47.4 Å². The van der Waals surface area contributed by atoms with Crippen LogP contribution < -0.4 is 11.0 Å². The zero-order chi connectivity index (χ0) is 22.7. The van der Waals surface area contributed by atoms with Gasteiger partial charge in [0.1, 0.15) is 0 Å². The minimum Gasteiger partial charge on any atom is -0.399 e. The molecule has 0 amide bonds. The molecule has 5 rings (SSSR count). The summed E-state index contributed by atoms with van der Waals surface area (Å²) in [5, 5.41) is 12.8. The molecule has 1 unspecified atom stereocenters. The van der Waals surface area contributed by atoms with Crippen molar-refractivity contribution in [3.63, 3.8) is 0 Å². The van der Waals surface area contributed by atoms with E-state index in [4.69, 9.17) is 9.31 Å². The summed E-state index contributed by atoms with van der Waals surface area (Å²) in [5.74, 6) is 0.111. The van der Waals surface area contributed by atoms with E-state index in [-0.39, 0.29) is 17.6 Å². The number of rotatable bonds is 3. The lowest BCUT2D eigenvalue weighted by atomic mass is 9.75. The van der Waals surface area contributed by atoms with Gasteiger partial charge in [-0.3, -0.25) is 9.78 Å². The van der Waals surface area contributed by atoms with Crippen LogP contribution in [0, 0.1) is 5.92 Å². The Morgan fingerprint density at radius 3 is 2.53 bits per heavy atom. The summed E-state index contributed by atoms with van der Waals surface area (Å²) < 4.78 is 14.4. The van der Waals surface area contributed by atoms with Crippen LogP contribution in [0.1, 0.15) is 53.4 Å². The maximum atomic E-state index is 13.5. The van der Waals surface area contributed by atoms with Gasteiger partial charge in [0.2, 0.25) is 0 Å². The fourth-order valence-corrected chi connectivity index (χ4v) is 4.99. The van der Waals surface area contributed by atoms with E-state index in [1.165, 1.54) is 0 Å². The first kappa shape index (κ1) is 21.6. The van der Waals surface area contributed by atoms with Gasteiger partial charge in [-0.1, -0.05) is 18.9 Å². The SMILES string of the molecule is CC1(C)OB(c2cc3c(=O)n(CC4CCCC[C@@H]4O)ccc3c3ncccc23)OC1(C)C. The first-order valence-electron chi connectivity index (χ1n) is 11.6. The lowest BCUT2D eigenvalue weighted by Crippen LogP contribution is -2.41. The number of hydrogen-bond donors (Lipinski definition) is 1. The van der Waals surface area contributed by atoms with Crippen molar-refractivity contribution in [2.45, 2.75) is 77.2 Å². The van der Waals surface area contributed by atoms with Gasteiger partial charge in [0.15, 0.2) is 0 Å². The molecule has 0 radical (unpaired) electrons. The molecule has 1 aromatic carbocycles. The molecule has 0 spiro atoms. The summed E-state index contributed by atoms with van der Waals surface area (Å²) in [6, 6.07) is 7.79. The van der Waals surface area contributed by atoms with Crippen molar-refractivity contribution in [2.75, 3.05) is 0 Å². The number of benzene rings is 1. The van der Waals surface area contributed by atoms with E-state index in [1.54, 1.807) is 10.8 Å². The third-order valence-corrected chi connectivity index (χ3v) is 7.68. The predicted octanol–water partition coefficient (Wildman–Crippen LogP) is 3.40. The highest BCUT2D eigenvalue weighted by Crippen LogP contribution is 2.37. The van der Waals surface area contributed by atoms with Gasteiger partial charge < -0.3 is 19.0 Å². The molecule has 0 bridgehead atoms. The van der Waals surface area contributed by atoms with E-state index in [1.807, 2.05) is 58.2 Å². The Bertz CT molecular complexity index is 1220. The van der Waals surface area contributed by atoms with Crippen LogP contribution in [0.15, 0.2) is 41.5 Å². The zero-order valence-electron chi connectivity index (χ0n) is 19.3. The molecule has 1 aliphatic carbocycles. The number of hydrogen-bond acceptors (Lipinski definition) is 5. The Balaban J connectivity index is 1.64. The Morgan fingerprint density at radius 1 is 1.09 bits per heavy atom. The second-order valence-electron chi connectivity index (χ2n) is 10.3. The summed E-state index contributed by atoms with van der Waals surface area (Å²) in [5.41, 5.74) is 0.582. The maximum Gasteiger partial charge on any atom is 0.495 e. The predicted molar refractivity (Wildman–Crippen MR) is 127 cm³/mol. The van der Waals surface area contributed by atoms with Crippen LogP contribution in [0.4, 0.5) is 0 Å². The Hall–Kier alpha value is -2.22. The molecule has 7 heteroatoms. The molecule has 2 atom stereocenters. The molecule has 3 aromatic rings. The summed E-state index contributed by atoms with van der Waals surface area (Å²) in [6.45, 7) is 8.63. The molecule has 2 aromatic heterocycles. The van der Waals surface area contributed by atoms with E-state index in [2.05, 4.69) is 4.98 Å². The van der Waals surface area contributed by atoms with E-state index < -0.39 is 18.3 Å². The number of fused-ring (bicyclic) bond motifs is 3. The van der Waals surface area contributed by atoms with Crippen molar-refractivity contribution in [3.8, 4) is 0 Å². The van der Waals surface area contributed by atoms with Crippen LogP contribution in [-0.4, -0.2) is 39.1 Å². The van der Waals surface area contributed by atoms with Crippen LogP contribution >= 0.6 is 0 Å². The monoisotopic (exact) mass is 434 g/mol. The van der Waals surface area contributed by atoms with Crippen LogP contribution in [-0.2, 0) is 15.9 Å². The van der Waals surface area contributed by atoms with Gasteiger partial charge in [-0.25, -0.2) is 0 Å². The molecule has 168 valence electrons. The lowest BCUT2D eigenvalue weighted by molar-refractivity contribution is 0.00578. The summed E-state index contributed by atoms with van der Waals surface area (Å²) in [7, 11) is -0.579. The van der Waals surface area contributed by atoms with Gasteiger partial charge in [-0.05, 0) is 64.2 Å². The first-order chi connectivity index (χ1) is 15.2. The minimum atomic E-state index is -0.579. The van der Waals surface area contributed by atoms with Crippen molar-refractivity contribution in [3.05, 3.63) is 47.0 Å². The molecular weight excluding hydrogens is 403 g/mol. The highest BCUT2D eigenvalue weighted by Gasteiger charge is 2.52. The third kappa shape index (κ3) is 3.47. The molecule has 2 fully saturated rings. The number of aliphatic hydroxyl groups excluding tert-OH is 1. The lowest BCUT2D eigenvalue weighted by Gasteiger charge is -2.32. The van der Waals surface area contributed by atoms with Gasteiger partial charge in [-0.15, -0.1) is 0 Å². The zero-order valence-corrected chi connectivity index (χ0v) is 19.3. The minimum absolute atomic E-state index is 0.0643. The topological polar surface area (TPSA) is 73.6 Å². The summed E-state index contributed by atoms with van der Waals surface area (Å²) in [4.78, 5) is 18.2. The second kappa shape index (κ2) is 7.68. The van der Waals surface area contributed by atoms with E-state index >= 15 is 0 Å². The van der Waals surface area contributed by atoms with Crippen LogP contribution in [0.25, 0.3) is 21.7 Å². The smallest absolute Gasteiger partial charge is 0.399 e. The van der Waals surface area contributed by atoms with Crippen LogP contribution in [0.5, 0.6) is 0 Å². The molecule has 3 heterocycles. The summed E-state index contributed by atoms with van der Waals surface area (Å²) in [6.07, 6.45) is 7.17. The van der Waals surface area contributed by atoms with Crippen molar-refractivity contribution >= 4 is 34.3 Å². The molecular formula is C25H31BN2O4. The molecule has 6 nitrogen and oxygen atoms in total. The van der Waals surface area contributed by atoms with Crippen LogP contribution in [0.2, 0.25) is 0 Å². The molecule has 1 aliphatic heterocycles. The van der Waals surface area contributed by atoms with Crippen LogP contribution in [0.3, 0.4) is 0 Å². The molecule has 1 saturated carbocycles. The van der Waals surface area contributed by atoms with Gasteiger partial charge in [0, 0.05) is 41.0 Å². The molecule has 1 N–H and O–H groups in total. The fourth-order valence-electron chi connectivity index (χ4n) is 4.99. The highest BCUT2D eigenvalue weighted by molar-refractivity contribution is 6.65. The Labute approximate surface area is 188 Å². The normalized spacial score (nSPS) is 25.0. The largest absolute Gasteiger partial charge is 0.495 e. The number of pyridine rings is 2. The number of nitrogens with zero attached hydrogens (tertiary/aromatic N) is 2. The Kier molecular flexibility index (Phi) is 5.19. The Morgan fingerprint density at radius 2 is 1.81 bits per heavy atom. The van der Waals surface area contributed by atoms with Crippen molar-refractivity contribution < 1.29 is 14.4 Å². The van der Waals surface area contributed by atoms with Gasteiger partial charge >= 0.3 is 7.12 Å². The first-order valence-corrected chi connectivity index (χ1v) is 11.6. The molecule has 1 saturated heterocycles. The van der Waals surface area contributed by atoms with E-state index in [9.17, 15) is 9.90 Å². The van der Waals surface area contributed by atoms with Crippen molar-refractivity contribution in [1.82, 2.24) is 9.55 Å². The summed E-state index contributed by atoms with van der Waals surface area (Å²) >= 11 is 0. The van der Waals surface area contributed by atoms with Gasteiger partial charge in [0.25, 0.3) is 5.56 Å². The average Bonchev–Trinajstić information content (AvgIpc) is 2.98. The number of aliphatic hydroxyl groups is 1. The molecule has 32 heavy (non-hydrogen) atoms. The van der Waals surface area contributed by atoms with Crippen molar-refractivity contribution in [2.24, 2.45) is 5.92 Å². The highest BCUT2D eigenvalue weighted by atomic mass is 16.7. The quantitative estimate of drug-likeness (QED) is 0.505. The van der Waals surface area contributed by atoms with Gasteiger partial charge in [0.05, 0.1) is 22.8 Å². The van der Waals surface area contributed by atoms with E-state index in [0.29, 0.717) is 11.9 Å².